The number of phenols is 1. The van der Waals surface area contributed by atoms with Gasteiger partial charge in [-0.1, -0.05) is 12.1 Å². The fourth-order valence-corrected chi connectivity index (χ4v) is 0.654. The number of para-hydroxylation sites is 1. The summed E-state index contributed by atoms with van der Waals surface area (Å²) in [4.78, 5) is 10.3. The maximum absolute atomic E-state index is 10.3. The van der Waals surface area contributed by atoms with E-state index in [4.69, 9.17) is 10.2 Å². The van der Waals surface area contributed by atoms with Crippen molar-refractivity contribution in [1.82, 2.24) is 0 Å². The molecular formula is C7H8BiO4. The first-order valence-electron chi connectivity index (χ1n) is 2.73. The molecule has 1 aromatic carbocycles. The van der Waals surface area contributed by atoms with Crippen LogP contribution in [0.1, 0.15) is 10.4 Å². The molecule has 1 aromatic rings. The zero-order valence-electron chi connectivity index (χ0n) is 6.06. The minimum absolute atomic E-state index is 0. The van der Waals surface area contributed by atoms with Gasteiger partial charge in [0.05, 0.1) is 0 Å². The predicted octanol–water partition coefficient (Wildman–Crippen LogP) is -0.115. The van der Waals surface area contributed by atoms with Gasteiger partial charge in [-0.15, -0.1) is 0 Å². The first-order valence-corrected chi connectivity index (χ1v) is 2.73. The van der Waals surface area contributed by atoms with Crippen LogP contribution in [-0.2, 0) is 0 Å². The molecule has 0 aromatic heterocycles. The zero-order chi connectivity index (χ0) is 7.56. The van der Waals surface area contributed by atoms with E-state index in [9.17, 15) is 4.79 Å². The molecule has 0 bridgehead atoms. The van der Waals surface area contributed by atoms with Gasteiger partial charge in [0.2, 0.25) is 0 Å². The fourth-order valence-electron chi connectivity index (χ4n) is 0.654. The average Bonchev–Trinajstić information content (AvgIpc) is 1.88. The van der Waals surface area contributed by atoms with Crippen LogP contribution >= 0.6 is 0 Å². The van der Waals surface area contributed by atoms with Crippen LogP contribution < -0.4 is 0 Å². The number of carbonyl (C=O) groups is 1. The number of hydrogen-bond donors (Lipinski definition) is 2. The van der Waals surface area contributed by atoms with Crippen molar-refractivity contribution in [3.8, 4) is 5.75 Å². The van der Waals surface area contributed by atoms with Gasteiger partial charge in [-0.05, 0) is 12.1 Å². The Hall–Kier alpha value is -0.667. The first kappa shape index (κ1) is 13.9. The molecule has 3 radical (unpaired) electrons. The minimum atomic E-state index is -1.11. The van der Waals surface area contributed by atoms with E-state index < -0.39 is 5.97 Å². The summed E-state index contributed by atoms with van der Waals surface area (Å²) >= 11 is 0. The second-order valence-electron chi connectivity index (χ2n) is 1.82. The van der Waals surface area contributed by atoms with Gasteiger partial charge >= 0.3 is 5.97 Å². The predicted molar refractivity (Wildman–Crippen MR) is 44.4 cm³/mol. The largest absolute Gasteiger partial charge is 0.507 e. The molecule has 0 unspecified atom stereocenters. The van der Waals surface area contributed by atoms with Gasteiger partial charge in [0.25, 0.3) is 0 Å². The standard InChI is InChI=1S/C7H6O3.Bi.H2O/c8-6-4-2-1-3-5(6)7(9)10;;/h1-4,8H,(H,9,10);;1H2. The van der Waals surface area contributed by atoms with E-state index in [2.05, 4.69) is 0 Å². The summed E-state index contributed by atoms with van der Waals surface area (Å²) in [5.74, 6) is -1.31. The van der Waals surface area contributed by atoms with Crippen LogP contribution in [-0.4, -0.2) is 47.9 Å². The van der Waals surface area contributed by atoms with Gasteiger partial charge in [0.1, 0.15) is 11.3 Å². The molecule has 0 aliphatic carbocycles. The van der Waals surface area contributed by atoms with Crippen molar-refractivity contribution in [2.75, 3.05) is 0 Å². The third-order valence-corrected chi connectivity index (χ3v) is 1.13. The number of aromatic hydroxyl groups is 1. The summed E-state index contributed by atoms with van der Waals surface area (Å²) in [7, 11) is 0. The molecule has 0 amide bonds. The van der Waals surface area contributed by atoms with E-state index in [0.717, 1.165) is 0 Å². The molecule has 0 aliphatic rings. The molecule has 4 nitrogen and oxygen atoms in total. The Morgan fingerprint density at radius 3 is 2.08 bits per heavy atom. The van der Waals surface area contributed by atoms with Crippen LogP contribution in [0.5, 0.6) is 5.75 Å². The quantitative estimate of drug-likeness (QED) is 0.681. The molecule has 65 valence electrons. The van der Waals surface area contributed by atoms with Gasteiger partial charge in [0, 0.05) is 26.2 Å². The van der Waals surface area contributed by atoms with Crippen LogP contribution in [0.2, 0.25) is 0 Å². The van der Waals surface area contributed by atoms with E-state index in [1.54, 1.807) is 12.1 Å². The Balaban J connectivity index is 0. The SMILES string of the molecule is O.O=C(O)c1ccccc1O.[Bi]. The number of rotatable bonds is 1. The number of aromatic carboxylic acids is 1. The van der Waals surface area contributed by atoms with Crippen molar-refractivity contribution in [3.63, 3.8) is 0 Å². The van der Waals surface area contributed by atoms with Gasteiger partial charge in [-0.2, -0.15) is 0 Å². The Kier molecular flexibility index (Phi) is 6.85. The molecule has 0 aliphatic heterocycles. The van der Waals surface area contributed by atoms with Gasteiger partial charge < -0.3 is 15.7 Å². The summed E-state index contributed by atoms with van der Waals surface area (Å²) < 4.78 is 0. The summed E-state index contributed by atoms with van der Waals surface area (Å²) in [6.07, 6.45) is 0. The Morgan fingerprint density at radius 1 is 1.25 bits per heavy atom. The smallest absolute Gasteiger partial charge is 0.339 e. The second-order valence-corrected chi connectivity index (χ2v) is 1.82. The van der Waals surface area contributed by atoms with Crippen molar-refractivity contribution < 1.29 is 20.5 Å². The van der Waals surface area contributed by atoms with Crippen LogP contribution in [0.4, 0.5) is 0 Å². The molecule has 0 fully saturated rings. The third kappa shape index (κ3) is 3.15. The van der Waals surface area contributed by atoms with Crippen LogP contribution in [0.3, 0.4) is 0 Å². The van der Waals surface area contributed by atoms with Crippen molar-refractivity contribution in [1.29, 1.82) is 0 Å². The molecule has 0 heterocycles. The Labute approximate surface area is 88.3 Å². The van der Waals surface area contributed by atoms with Crippen molar-refractivity contribution >= 4 is 32.2 Å². The van der Waals surface area contributed by atoms with Crippen LogP contribution in [0.25, 0.3) is 0 Å². The Bertz CT molecular complexity index is 261. The summed E-state index contributed by atoms with van der Waals surface area (Å²) in [6.45, 7) is 0. The van der Waals surface area contributed by atoms with Crippen molar-refractivity contribution in [2.45, 2.75) is 0 Å². The molecular weight excluding hydrogens is 357 g/mol. The Morgan fingerprint density at radius 2 is 1.75 bits per heavy atom. The summed E-state index contributed by atoms with van der Waals surface area (Å²) in [5, 5.41) is 17.3. The maximum atomic E-state index is 10.3. The monoisotopic (exact) mass is 365 g/mol. The van der Waals surface area contributed by atoms with Gasteiger partial charge in [-0.25, -0.2) is 4.79 Å². The fraction of sp³-hybridized carbons (Fsp3) is 0. The molecule has 0 saturated heterocycles. The van der Waals surface area contributed by atoms with E-state index >= 15 is 0 Å². The topological polar surface area (TPSA) is 89.0 Å². The third-order valence-electron chi connectivity index (χ3n) is 1.13. The van der Waals surface area contributed by atoms with E-state index in [0.29, 0.717) is 0 Å². The summed E-state index contributed by atoms with van der Waals surface area (Å²) in [6, 6.07) is 5.81. The van der Waals surface area contributed by atoms with Crippen molar-refractivity contribution in [2.24, 2.45) is 0 Å². The van der Waals surface area contributed by atoms with E-state index in [1.807, 2.05) is 0 Å². The normalized spacial score (nSPS) is 7.67. The first-order chi connectivity index (χ1) is 4.72. The van der Waals surface area contributed by atoms with Gasteiger partial charge in [0.15, 0.2) is 0 Å². The van der Waals surface area contributed by atoms with E-state index in [-0.39, 0.29) is 43.0 Å². The molecule has 0 atom stereocenters. The molecule has 4 N–H and O–H groups in total. The molecule has 5 heteroatoms. The number of carboxylic acid groups (broad SMARTS) is 1. The zero-order valence-corrected chi connectivity index (χ0v) is 9.54. The van der Waals surface area contributed by atoms with Gasteiger partial charge in [-0.3, -0.25) is 0 Å². The van der Waals surface area contributed by atoms with Crippen LogP contribution in [0.15, 0.2) is 24.3 Å². The number of hydrogen-bond acceptors (Lipinski definition) is 2. The van der Waals surface area contributed by atoms with Crippen molar-refractivity contribution in [3.05, 3.63) is 29.8 Å². The number of carboxylic acids is 1. The second kappa shape index (κ2) is 5.92. The summed E-state index contributed by atoms with van der Waals surface area (Å²) in [5.41, 5.74) is -0.0671. The van der Waals surface area contributed by atoms with Crippen LogP contribution in [0, 0.1) is 0 Å². The molecule has 1 rings (SSSR count). The molecule has 0 saturated carbocycles. The number of benzene rings is 1. The minimum Gasteiger partial charge on any atom is -0.507 e. The van der Waals surface area contributed by atoms with E-state index in [1.165, 1.54) is 12.1 Å². The maximum Gasteiger partial charge on any atom is 0.339 e. The molecule has 0 spiro atoms. The average molecular weight is 365 g/mol. The molecule has 12 heavy (non-hydrogen) atoms.